The number of rotatable bonds is 6. The molecule has 0 radical (unpaired) electrons. The number of imidazole rings is 1. The Labute approximate surface area is 165 Å². The molecule has 148 valence electrons. The van der Waals surface area contributed by atoms with Gasteiger partial charge in [-0.3, -0.25) is 4.79 Å². The number of nitrogens with zero attached hydrogens (tertiary/aromatic N) is 2. The Bertz CT molecular complexity index is 937. The van der Waals surface area contributed by atoms with Gasteiger partial charge in [0.1, 0.15) is 5.82 Å². The van der Waals surface area contributed by atoms with Gasteiger partial charge >= 0.3 is 6.18 Å². The summed E-state index contributed by atoms with van der Waals surface area (Å²) in [6.07, 6.45) is -4.39. The molecule has 1 unspecified atom stereocenters. The molecule has 8 heteroatoms. The number of fused-ring (bicyclic) bond motifs is 1. The first-order valence-electron chi connectivity index (χ1n) is 8.70. The van der Waals surface area contributed by atoms with Crippen LogP contribution in [0, 0.1) is 0 Å². The Morgan fingerprint density at radius 3 is 2.68 bits per heavy atom. The van der Waals surface area contributed by atoms with Crippen LogP contribution in [0.1, 0.15) is 29.1 Å². The van der Waals surface area contributed by atoms with Crippen molar-refractivity contribution in [1.29, 1.82) is 0 Å². The molecule has 3 aromatic rings. The molecule has 0 bridgehead atoms. The summed E-state index contributed by atoms with van der Waals surface area (Å²) in [5, 5.41) is -0.0155. The molecule has 0 fully saturated rings. The van der Waals surface area contributed by atoms with Crippen LogP contribution in [0.15, 0.2) is 48.5 Å². The summed E-state index contributed by atoms with van der Waals surface area (Å²) in [7, 11) is 1.59. The van der Waals surface area contributed by atoms with Crippen LogP contribution < -0.4 is 0 Å². The molecule has 0 saturated carbocycles. The second-order valence-corrected chi connectivity index (χ2v) is 7.87. The van der Waals surface area contributed by atoms with E-state index in [4.69, 9.17) is 0 Å². The van der Waals surface area contributed by atoms with Crippen LogP contribution in [-0.4, -0.2) is 33.6 Å². The third kappa shape index (κ3) is 4.86. The zero-order valence-electron chi connectivity index (χ0n) is 15.5. The van der Waals surface area contributed by atoms with Crippen molar-refractivity contribution < 1.29 is 18.0 Å². The SMILES string of the molecule is CC(SCC(=O)N(C)Cc1cccc(C(F)(F)F)c1)c1nc2ccccc2[nH]1. The molecule has 1 heterocycles. The Morgan fingerprint density at radius 2 is 1.96 bits per heavy atom. The highest BCUT2D eigenvalue weighted by Gasteiger charge is 2.30. The van der Waals surface area contributed by atoms with E-state index in [1.807, 2.05) is 31.2 Å². The number of hydrogen-bond donors (Lipinski definition) is 1. The fourth-order valence-corrected chi connectivity index (χ4v) is 3.64. The smallest absolute Gasteiger partial charge is 0.341 e. The number of H-pyrrole nitrogens is 1. The molecule has 1 amide bonds. The predicted molar refractivity (Wildman–Crippen MR) is 105 cm³/mol. The summed E-state index contributed by atoms with van der Waals surface area (Å²) >= 11 is 1.43. The normalized spacial score (nSPS) is 12.9. The molecule has 0 spiro atoms. The molecule has 0 saturated heterocycles. The van der Waals surface area contributed by atoms with Gasteiger partial charge in [0.15, 0.2) is 0 Å². The van der Waals surface area contributed by atoms with E-state index >= 15 is 0 Å². The van der Waals surface area contributed by atoms with E-state index in [0.29, 0.717) is 5.56 Å². The number of nitrogens with one attached hydrogen (secondary N) is 1. The third-order valence-corrected chi connectivity index (χ3v) is 5.49. The van der Waals surface area contributed by atoms with Gasteiger partial charge in [0, 0.05) is 13.6 Å². The van der Waals surface area contributed by atoms with Crippen LogP contribution in [0.2, 0.25) is 0 Å². The lowest BCUT2D eigenvalue weighted by Crippen LogP contribution is -2.28. The van der Waals surface area contributed by atoms with E-state index < -0.39 is 11.7 Å². The van der Waals surface area contributed by atoms with Gasteiger partial charge in [0.2, 0.25) is 5.91 Å². The maximum atomic E-state index is 12.8. The summed E-state index contributed by atoms with van der Waals surface area (Å²) < 4.78 is 38.5. The zero-order chi connectivity index (χ0) is 20.3. The standard InChI is InChI=1S/C20H20F3N3OS/c1-13(19-24-16-8-3-4-9-17(16)25-19)28-12-18(27)26(2)11-14-6-5-7-15(10-14)20(21,22)23/h3-10,13H,11-12H2,1-2H3,(H,24,25). The molecule has 0 aliphatic carbocycles. The van der Waals surface area contributed by atoms with Crippen LogP contribution in [0.4, 0.5) is 13.2 Å². The summed E-state index contributed by atoms with van der Waals surface area (Å²) in [5.41, 5.74) is 1.55. The van der Waals surface area contributed by atoms with E-state index in [0.717, 1.165) is 29.0 Å². The Kier molecular flexibility index (Phi) is 5.98. The topological polar surface area (TPSA) is 49.0 Å². The highest BCUT2D eigenvalue weighted by atomic mass is 32.2. The third-order valence-electron chi connectivity index (χ3n) is 4.35. The minimum absolute atomic E-state index is 0.0155. The largest absolute Gasteiger partial charge is 0.416 e. The van der Waals surface area contributed by atoms with Crippen LogP contribution in [0.25, 0.3) is 11.0 Å². The van der Waals surface area contributed by atoms with Gasteiger partial charge in [-0.25, -0.2) is 4.98 Å². The quantitative estimate of drug-likeness (QED) is 0.623. The predicted octanol–water partition coefficient (Wildman–Crippen LogP) is 5.03. The molecular formula is C20H20F3N3OS. The number of carbonyl (C=O) groups is 1. The van der Waals surface area contributed by atoms with Crippen LogP contribution in [-0.2, 0) is 17.5 Å². The van der Waals surface area contributed by atoms with Gasteiger partial charge in [-0.1, -0.05) is 24.3 Å². The first-order valence-corrected chi connectivity index (χ1v) is 9.75. The zero-order valence-corrected chi connectivity index (χ0v) is 16.3. The van der Waals surface area contributed by atoms with E-state index in [9.17, 15) is 18.0 Å². The molecule has 1 N–H and O–H groups in total. The molecule has 1 aromatic heterocycles. The Hall–Kier alpha value is -2.48. The number of hydrogen-bond acceptors (Lipinski definition) is 3. The number of aromatic nitrogens is 2. The second-order valence-electron chi connectivity index (χ2n) is 6.54. The molecule has 3 rings (SSSR count). The van der Waals surface area contributed by atoms with Crippen molar-refractivity contribution in [3.63, 3.8) is 0 Å². The van der Waals surface area contributed by atoms with Crippen molar-refractivity contribution in [3.05, 3.63) is 65.5 Å². The number of aromatic amines is 1. The first-order chi connectivity index (χ1) is 13.2. The van der Waals surface area contributed by atoms with E-state index in [1.54, 1.807) is 13.1 Å². The average molecular weight is 407 g/mol. The van der Waals surface area contributed by atoms with Gasteiger partial charge in [-0.05, 0) is 36.8 Å². The van der Waals surface area contributed by atoms with Crippen molar-refractivity contribution >= 4 is 28.7 Å². The molecule has 0 aliphatic heterocycles. The highest BCUT2D eigenvalue weighted by molar-refractivity contribution is 8.00. The number of thioether (sulfide) groups is 1. The van der Waals surface area contributed by atoms with Crippen molar-refractivity contribution in [2.24, 2.45) is 0 Å². The maximum Gasteiger partial charge on any atom is 0.416 e. The van der Waals surface area contributed by atoms with Crippen molar-refractivity contribution in [3.8, 4) is 0 Å². The fourth-order valence-electron chi connectivity index (χ4n) is 2.76. The maximum absolute atomic E-state index is 12.8. The Balaban J connectivity index is 1.57. The van der Waals surface area contributed by atoms with E-state index in [1.165, 1.54) is 22.7 Å². The van der Waals surface area contributed by atoms with E-state index in [-0.39, 0.29) is 23.5 Å². The van der Waals surface area contributed by atoms with E-state index in [2.05, 4.69) is 9.97 Å². The van der Waals surface area contributed by atoms with Crippen molar-refractivity contribution in [2.75, 3.05) is 12.8 Å². The first kappa shape index (κ1) is 20.3. The van der Waals surface area contributed by atoms with Gasteiger partial charge in [-0.15, -0.1) is 11.8 Å². The molecule has 4 nitrogen and oxygen atoms in total. The summed E-state index contributed by atoms with van der Waals surface area (Å²) in [6.45, 7) is 2.09. The highest BCUT2D eigenvalue weighted by Crippen LogP contribution is 2.30. The molecule has 28 heavy (non-hydrogen) atoms. The molecular weight excluding hydrogens is 387 g/mol. The van der Waals surface area contributed by atoms with Crippen LogP contribution in [0.5, 0.6) is 0 Å². The Morgan fingerprint density at radius 1 is 1.21 bits per heavy atom. The number of amides is 1. The lowest BCUT2D eigenvalue weighted by atomic mass is 10.1. The fraction of sp³-hybridized carbons (Fsp3) is 0.300. The van der Waals surface area contributed by atoms with Crippen LogP contribution in [0.3, 0.4) is 0 Å². The number of para-hydroxylation sites is 2. The lowest BCUT2D eigenvalue weighted by molar-refractivity contribution is -0.137. The average Bonchev–Trinajstić information content (AvgIpc) is 3.09. The second kappa shape index (κ2) is 8.26. The van der Waals surface area contributed by atoms with Gasteiger partial charge in [0.05, 0.1) is 27.6 Å². The van der Waals surface area contributed by atoms with Gasteiger partial charge in [0.25, 0.3) is 0 Å². The molecule has 2 aromatic carbocycles. The monoisotopic (exact) mass is 407 g/mol. The minimum atomic E-state index is -4.39. The molecule has 1 atom stereocenters. The number of alkyl halides is 3. The summed E-state index contributed by atoms with van der Waals surface area (Å²) in [5.74, 6) is 0.859. The number of carbonyl (C=O) groups excluding carboxylic acids is 1. The van der Waals surface area contributed by atoms with Gasteiger partial charge < -0.3 is 9.88 Å². The lowest BCUT2D eigenvalue weighted by Gasteiger charge is -2.19. The number of halogens is 3. The van der Waals surface area contributed by atoms with Crippen molar-refractivity contribution in [1.82, 2.24) is 14.9 Å². The van der Waals surface area contributed by atoms with Gasteiger partial charge in [-0.2, -0.15) is 13.2 Å². The summed E-state index contributed by atoms with van der Waals surface area (Å²) in [4.78, 5) is 21.6. The van der Waals surface area contributed by atoms with Crippen molar-refractivity contribution in [2.45, 2.75) is 24.9 Å². The summed E-state index contributed by atoms with van der Waals surface area (Å²) in [6, 6.07) is 12.7. The number of benzene rings is 2. The minimum Gasteiger partial charge on any atom is -0.341 e. The van der Waals surface area contributed by atoms with Crippen LogP contribution >= 0.6 is 11.8 Å². The molecule has 0 aliphatic rings.